The molecule has 0 unspecified atom stereocenters. The van der Waals surface area contributed by atoms with Gasteiger partial charge in [0.2, 0.25) is 5.91 Å². The van der Waals surface area contributed by atoms with E-state index in [0.717, 1.165) is 5.75 Å². The van der Waals surface area contributed by atoms with Gasteiger partial charge in [0.15, 0.2) is 5.78 Å². The van der Waals surface area contributed by atoms with Crippen LogP contribution in [0, 0.1) is 6.92 Å². The average molecular weight is 313 g/mol. The molecule has 0 aromatic heterocycles. The number of thioether (sulfide) groups is 1. The first kappa shape index (κ1) is 16.3. The van der Waals surface area contributed by atoms with Crippen LogP contribution in [-0.2, 0) is 10.5 Å². The molecule has 1 amide bonds. The molecular formula is C18H19NO2S. The van der Waals surface area contributed by atoms with Crippen LogP contribution in [0.2, 0.25) is 0 Å². The van der Waals surface area contributed by atoms with Crippen LogP contribution in [0.15, 0.2) is 48.5 Å². The highest BCUT2D eigenvalue weighted by atomic mass is 32.2. The Bertz CT molecular complexity index is 665. The lowest BCUT2D eigenvalue weighted by molar-refractivity contribution is -0.113. The first-order valence-electron chi connectivity index (χ1n) is 7.09. The van der Waals surface area contributed by atoms with E-state index in [0.29, 0.717) is 17.0 Å². The van der Waals surface area contributed by atoms with Gasteiger partial charge < -0.3 is 5.32 Å². The van der Waals surface area contributed by atoms with Gasteiger partial charge in [0.25, 0.3) is 0 Å². The number of rotatable bonds is 6. The molecule has 114 valence electrons. The zero-order valence-electron chi connectivity index (χ0n) is 12.8. The van der Waals surface area contributed by atoms with E-state index < -0.39 is 0 Å². The number of carbonyl (C=O) groups excluding carboxylic acids is 2. The first-order valence-corrected chi connectivity index (χ1v) is 8.24. The normalized spacial score (nSPS) is 10.3. The smallest absolute Gasteiger partial charge is 0.234 e. The second-order valence-corrected chi connectivity index (χ2v) is 6.15. The molecule has 0 saturated heterocycles. The van der Waals surface area contributed by atoms with Gasteiger partial charge in [0.05, 0.1) is 5.75 Å². The molecule has 0 radical (unpaired) electrons. The number of nitrogens with one attached hydrogen (secondary N) is 1. The van der Waals surface area contributed by atoms with Gasteiger partial charge in [-0.25, -0.2) is 0 Å². The van der Waals surface area contributed by atoms with E-state index in [1.54, 1.807) is 36.0 Å². The molecule has 2 rings (SSSR count). The van der Waals surface area contributed by atoms with Gasteiger partial charge in [-0.15, -0.1) is 11.8 Å². The lowest BCUT2D eigenvalue weighted by Crippen LogP contribution is -2.14. The van der Waals surface area contributed by atoms with Crippen molar-refractivity contribution in [1.29, 1.82) is 0 Å². The number of hydrogen-bond acceptors (Lipinski definition) is 3. The summed E-state index contributed by atoms with van der Waals surface area (Å²) < 4.78 is 0. The molecule has 0 heterocycles. The lowest BCUT2D eigenvalue weighted by Gasteiger charge is -2.06. The predicted molar refractivity (Wildman–Crippen MR) is 92.4 cm³/mol. The lowest BCUT2D eigenvalue weighted by atomic mass is 10.1. The Labute approximate surface area is 135 Å². The Morgan fingerprint density at radius 3 is 2.50 bits per heavy atom. The fraction of sp³-hybridized carbons (Fsp3) is 0.222. The highest BCUT2D eigenvalue weighted by molar-refractivity contribution is 7.99. The number of ketones is 1. The van der Waals surface area contributed by atoms with Crippen LogP contribution in [-0.4, -0.2) is 17.4 Å². The summed E-state index contributed by atoms with van der Waals surface area (Å²) in [5.74, 6) is 1.13. The molecule has 2 aromatic rings. The van der Waals surface area contributed by atoms with Crippen LogP contribution in [0.25, 0.3) is 0 Å². The molecule has 22 heavy (non-hydrogen) atoms. The van der Waals surface area contributed by atoms with Gasteiger partial charge in [0, 0.05) is 17.0 Å². The average Bonchev–Trinajstić information content (AvgIpc) is 2.49. The molecule has 0 atom stereocenters. The van der Waals surface area contributed by atoms with E-state index >= 15 is 0 Å². The van der Waals surface area contributed by atoms with E-state index in [1.807, 2.05) is 0 Å². The summed E-state index contributed by atoms with van der Waals surface area (Å²) in [6.07, 6.45) is 0. The summed E-state index contributed by atoms with van der Waals surface area (Å²) in [4.78, 5) is 23.2. The molecule has 0 saturated carbocycles. The van der Waals surface area contributed by atoms with Gasteiger partial charge in [-0.05, 0) is 31.5 Å². The zero-order valence-corrected chi connectivity index (χ0v) is 13.6. The fourth-order valence-electron chi connectivity index (χ4n) is 1.96. The number of anilines is 1. The molecule has 0 aliphatic heterocycles. The van der Waals surface area contributed by atoms with Gasteiger partial charge >= 0.3 is 0 Å². The van der Waals surface area contributed by atoms with Crippen molar-refractivity contribution in [3.63, 3.8) is 0 Å². The van der Waals surface area contributed by atoms with Crippen molar-refractivity contribution in [2.75, 3.05) is 11.1 Å². The van der Waals surface area contributed by atoms with Crippen LogP contribution in [0.3, 0.4) is 0 Å². The number of hydrogen-bond donors (Lipinski definition) is 1. The Morgan fingerprint density at radius 1 is 1.09 bits per heavy atom. The second kappa shape index (κ2) is 7.80. The monoisotopic (exact) mass is 313 g/mol. The topological polar surface area (TPSA) is 46.2 Å². The highest BCUT2D eigenvalue weighted by Gasteiger charge is 2.05. The minimum atomic E-state index is -0.0576. The summed E-state index contributed by atoms with van der Waals surface area (Å²) in [5, 5.41) is 2.82. The molecule has 0 aliphatic rings. The summed E-state index contributed by atoms with van der Waals surface area (Å²) >= 11 is 1.57. The van der Waals surface area contributed by atoms with Crippen LogP contribution < -0.4 is 5.32 Å². The minimum absolute atomic E-state index is 0.00940. The Hall–Kier alpha value is -2.07. The van der Waals surface area contributed by atoms with E-state index in [2.05, 4.69) is 36.5 Å². The largest absolute Gasteiger partial charge is 0.325 e. The van der Waals surface area contributed by atoms with Crippen molar-refractivity contribution in [3.8, 4) is 0 Å². The number of carbonyl (C=O) groups is 2. The van der Waals surface area contributed by atoms with Crippen molar-refractivity contribution in [2.24, 2.45) is 0 Å². The van der Waals surface area contributed by atoms with Gasteiger partial charge in [-0.3, -0.25) is 9.59 Å². The third kappa shape index (κ3) is 5.04. The number of amides is 1. The van der Waals surface area contributed by atoms with Crippen LogP contribution in [0.1, 0.15) is 28.4 Å². The van der Waals surface area contributed by atoms with Crippen molar-refractivity contribution >= 4 is 29.1 Å². The maximum Gasteiger partial charge on any atom is 0.234 e. The third-order valence-corrected chi connectivity index (χ3v) is 4.18. The number of aryl methyl sites for hydroxylation is 1. The Morgan fingerprint density at radius 2 is 1.82 bits per heavy atom. The van der Waals surface area contributed by atoms with E-state index in [1.165, 1.54) is 18.1 Å². The van der Waals surface area contributed by atoms with Gasteiger partial charge in [-0.2, -0.15) is 0 Å². The summed E-state index contributed by atoms with van der Waals surface area (Å²) in [6, 6.07) is 15.3. The van der Waals surface area contributed by atoms with Gasteiger partial charge in [-0.1, -0.05) is 42.0 Å². The standard InChI is InChI=1S/C18H19NO2S/c1-13-6-8-15(9-7-13)11-22-12-18(21)19-17-5-3-4-16(10-17)14(2)20/h3-10H,11-12H2,1-2H3,(H,19,21). The van der Waals surface area contributed by atoms with Crippen LogP contribution >= 0.6 is 11.8 Å². The Balaban J connectivity index is 1.81. The van der Waals surface area contributed by atoms with Crippen molar-refractivity contribution in [2.45, 2.75) is 19.6 Å². The van der Waals surface area contributed by atoms with E-state index in [-0.39, 0.29) is 11.7 Å². The highest BCUT2D eigenvalue weighted by Crippen LogP contribution is 2.15. The maximum absolute atomic E-state index is 11.9. The van der Waals surface area contributed by atoms with E-state index in [4.69, 9.17) is 0 Å². The third-order valence-electron chi connectivity index (χ3n) is 3.18. The van der Waals surface area contributed by atoms with E-state index in [9.17, 15) is 9.59 Å². The minimum Gasteiger partial charge on any atom is -0.325 e. The zero-order chi connectivity index (χ0) is 15.9. The molecule has 4 heteroatoms. The van der Waals surface area contributed by atoms with Crippen molar-refractivity contribution < 1.29 is 9.59 Å². The maximum atomic E-state index is 11.9. The van der Waals surface area contributed by atoms with Crippen molar-refractivity contribution in [3.05, 3.63) is 65.2 Å². The molecule has 1 N–H and O–H groups in total. The Kier molecular flexibility index (Phi) is 5.78. The van der Waals surface area contributed by atoms with Crippen LogP contribution in [0.5, 0.6) is 0 Å². The van der Waals surface area contributed by atoms with Crippen LogP contribution in [0.4, 0.5) is 5.69 Å². The first-order chi connectivity index (χ1) is 10.5. The molecule has 2 aromatic carbocycles. The molecule has 3 nitrogen and oxygen atoms in total. The molecule has 0 aliphatic carbocycles. The predicted octanol–water partition coefficient (Wildman–Crippen LogP) is 4.07. The second-order valence-electron chi connectivity index (χ2n) is 5.16. The molecular weight excluding hydrogens is 294 g/mol. The number of Topliss-reactive ketones (excluding diaryl/α,β-unsaturated/α-hetero) is 1. The number of benzene rings is 2. The molecule has 0 bridgehead atoms. The summed E-state index contributed by atoms with van der Waals surface area (Å²) in [5.41, 5.74) is 3.71. The summed E-state index contributed by atoms with van der Waals surface area (Å²) in [6.45, 7) is 3.57. The van der Waals surface area contributed by atoms with Crippen molar-refractivity contribution in [1.82, 2.24) is 0 Å². The summed E-state index contributed by atoms with van der Waals surface area (Å²) in [7, 11) is 0. The SMILES string of the molecule is CC(=O)c1cccc(NC(=O)CSCc2ccc(C)cc2)c1. The molecule has 0 spiro atoms. The quantitative estimate of drug-likeness (QED) is 0.818. The van der Waals surface area contributed by atoms with Gasteiger partial charge in [0.1, 0.15) is 0 Å². The fourth-order valence-corrected chi connectivity index (χ4v) is 2.75. The molecule has 0 fully saturated rings.